The highest BCUT2D eigenvalue weighted by Crippen LogP contribution is 2.09. The van der Waals surface area contributed by atoms with E-state index in [0.717, 1.165) is 12.0 Å². The van der Waals surface area contributed by atoms with Crippen LogP contribution in [-0.2, 0) is 0 Å². The van der Waals surface area contributed by atoms with Gasteiger partial charge in [-0.3, -0.25) is 4.79 Å². The first kappa shape index (κ1) is 15.2. The van der Waals surface area contributed by atoms with Crippen molar-refractivity contribution >= 4 is 11.9 Å². The third-order valence-corrected chi connectivity index (χ3v) is 3.59. The topological polar surface area (TPSA) is 65.8 Å². The maximum atomic E-state index is 12.1. The van der Waals surface area contributed by atoms with Crippen LogP contribution in [0.2, 0.25) is 0 Å². The molecule has 0 aliphatic carbocycles. The lowest BCUT2D eigenvalue weighted by Gasteiger charge is -2.34. The fourth-order valence-electron chi connectivity index (χ4n) is 2.05. The van der Waals surface area contributed by atoms with Crippen LogP contribution in [0.3, 0.4) is 0 Å². The highest BCUT2D eigenvalue weighted by Gasteiger charge is 2.25. The van der Waals surface area contributed by atoms with E-state index < -0.39 is 0 Å². The molecule has 21 heavy (non-hydrogen) atoms. The minimum Gasteiger partial charge on any atom is -0.459 e. The maximum Gasteiger partial charge on any atom is 0.321 e. The standard InChI is InChI=1S/C15H21N3O3/c1-3-12(2)11-16-15(20)18-8-6-17(7-9-18)14(19)13-5-4-10-21-13/h4-5,10-11H,3,6-9H2,1-2H3,(H,16,20)/b12-11+. The number of amides is 3. The second-order valence-electron chi connectivity index (χ2n) is 5.05. The van der Waals surface area contributed by atoms with Gasteiger partial charge in [-0.05, 0) is 25.5 Å². The van der Waals surface area contributed by atoms with Gasteiger partial charge in [0.05, 0.1) is 6.26 Å². The van der Waals surface area contributed by atoms with Crippen molar-refractivity contribution in [2.75, 3.05) is 26.2 Å². The van der Waals surface area contributed by atoms with Gasteiger partial charge in [0, 0.05) is 32.4 Å². The Labute approximate surface area is 124 Å². The number of piperazine rings is 1. The van der Waals surface area contributed by atoms with Gasteiger partial charge in [0.2, 0.25) is 0 Å². The van der Waals surface area contributed by atoms with Gasteiger partial charge >= 0.3 is 6.03 Å². The Balaban J connectivity index is 1.83. The van der Waals surface area contributed by atoms with Crippen LogP contribution >= 0.6 is 0 Å². The van der Waals surface area contributed by atoms with Crippen LogP contribution in [0.4, 0.5) is 4.79 Å². The third-order valence-electron chi connectivity index (χ3n) is 3.59. The van der Waals surface area contributed by atoms with Crippen molar-refractivity contribution in [2.45, 2.75) is 20.3 Å². The molecule has 1 N–H and O–H groups in total. The number of urea groups is 1. The van der Waals surface area contributed by atoms with Gasteiger partial charge in [-0.2, -0.15) is 0 Å². The number of nitrogens with zero attached hydrogens (tertiary/aromatic N) is 2. The predicted molar refractivity (Wildman–Crippen MR) is 78.8 cm³/mol. The Bertz CT molecular complexity index is 514. The zero-order valence-electron chi connectivity index (χ0n) is 12.5. The molecule has 0 atom stereocenters. The van der Waals surface area contributed by atoms with Gasteiger partial charge < -0.3 is 19.5 Å². The van der Waals surface area contributed by atoms with Crippen LogP contribution in [0.5, 0.6) is 0 Å². The molecule has 6 nitrogen and oxygen atoms in total. The van der Waals surface area contributed by atoms with E-state index in [4.69, 9.17) is 4.42 Å². The summed E-state index contributed by atoms with van der Waals surface area (Å²) in [6.07, 6.45) is 4.13. The van der Waals surface area contributed by atoms with E-state index in [1.807, 2.05) is 13.8 Å². The molecule has 0 radical (unpaired) electrons. The van der Waals surface area contributed by atoms with Crippen LogP contribution in [0.1, 0.15) is 30.8 Å². The summed E-state index contributed by atoms with van der Waals surface area (Å²) in [5.41, 5.74) is 1.12. The van der Waals surface area contributed by atoms with Gasteiger partial charge in [0.1, 0.15) is 0 Å². The third kappa shape index (κ3) is 3.87. The first-order valence-electron chi connectivity index (χ1n) is 7.15. The lowest BCUT2D eigenvalue weighted by atomic mass is 10.2. The van der Waals surface area contributed by atoms with E-state index >= 15 is 0 Å². The SMILES string of the molecule is CC/C(C)=C/NC(=O)N1CCN(C(=O)c2ccco2)CC1. The van der Waals surface area contributed by atoms with Crippen molar-refractivity contribution in [3.63, 3.8) is 0 Å². The molecule has 3 amide bonds. The maximum absolute atomic E-state index is 12.1. The van der Waals surface area contributed by atoms with Gasteiger partial charge in [-0.15, -0.1) is 0 Å². The minimum atomic E-state index is -0.123. The summed E-state index contributed by atoms with van der Waals surface area (Å²) >= 11 is 0. The van der Waals surface area contributed by atoms with E-state index in [2.05, 4.69) is 5.32 Å². The van der Waals surface area contributed by atoms with E-state index in [-0.39, 0.29) is 11.9 Å². The summed E-state index contributed by atoms with van der Waals surface area (Å²) in [5.74, 6) is 0.219. The fraction of sp³-hybridized carbons (Fsp3) is 0.467. The number of rotatable bonds is 3. The van der Waals surface area contributed by atoms with Crippen LogP contribution in [0, 0.1) is 0 Å². The normalized spacial score (nSPS) is 16.0. The van der Waals surface area contributed by atoms with Crippen molar-refractivity contribution in [3.05, 3.63) is 35.9 Å². The smallest absolute Gasteiger partial charge is 0.321 e. The number of allylic oxidation sites excluding steroid dienone is 1. The molecule has 1 saturated heterocycles. The first-order chi connectivity index (χ1) is 10.1. The lowest BCUT2D eigenvalue weighted by molar-refractivity contribution is 0.0636. The number of hydrogen-bond donors (Lipinski definition) is 1. The van der Waals surface area contributed by atoms with Gasteiger partial charge in [-0.25, -0.2) is 4.79 Å². The number of carbonyl (C=O) groups is 2. The van der Waals surface area contributed by atoms with Gasteiger partial charge in [0.15, 0.2) is 5.76 Å². The summed E-state index contributed by atoms with van der Waals surface area (Å²) in [6.45, 7) is 6.10. The summed E-state index contributed by atoms with van der Waals surface area (Å²) in [4.78, 5) is 27.5. The summed E-state index contributed by atoms with van der Waals surface area (Å²) < 4.78 is 5.11. The summed E-state index contributed by atoms with van der Waals surface area (Å²) in [5, 5.41) is 2.78. The molecule has 1 aliphatic rings. The molecule has 2 heterocycles. The Kier molecular flexibility index (Phi) is 5.03. The van der Waals surface area contributed by atoms with Crippen molar-refractivity contribution in [1.29, 1.82) is 0 Å². The molecule has 2 rings (SSSR count). The monoisotopic (exact) mass is 291 g/mol. The second-order valence-corrected chi connectivity index (χ2v) is 5.05. The van der Waals surface area contributed by atoms with Crippen LogP contribution in [-0.4, -0.2) is 47.9 Å². The molecule has 1 fully saturated rings. The van der Waals surface area contributed by atoms with Crippen molar-refractivity contribution in [1.82, 2.24) is 15.1 Å². The minimum absolute atomic E-state index is 0.118. The molecule has 0 saturated carbocycles. The number of furan rings is 1. The Morgan fingerprint density at radius 3 is 2.52 bits per heavy atom. The van der Waals surface area contributed by atoms with E-state index in [9.17, 15) is 9.59 Å². The lowest BCUT2D eigenvalue weighted by Crippen LogP contribution is -2.52. The Morgan fingerprint density at radius 1 is 1.29 bits per heavy atom. The quantitative estimate of drug-likeness (QED) is 0.927. The molecule has 0 aromatic carbocycles. The average molecular weight is 291 g/mol. The van der Waals surface area contributed by atoms with Gasteiger partial charge in [-0.1, -0.05) is 12.5 Å². The van der Waals surface area contributed by atoms with Crippen molar-refractivity contribution < 1.29 is 14.0 Å². The Hall–Kier alpha value is -2.24. The zero-order valence-corrected chi connectivity index (χ0v) is 12.5. The molecule has 0 unspecified atom stereocenters. The summed E-state index contributed by atoms with van der Waals surface area (Å²) in [6, 6.07) is 3.23. The van der Waals surface area contributed by atoms with E-state index in [1.165, 1.54) is 6.26 Å². The molecular weight excluding hydrogens is 270 g/mol. The number of carbonyl (C=O) groups excluding carboxylic acids is 2. The average Bonchev–Trinajstić information content (AvgIpc) is 3.06. The molecule has 1 aromatic heterocycles. The molecule has 1 aromatic rings. The Morgan fingerprint density at radius 2 is 1.95 bits per heavy atom. The number of hydrogen-bond acceptors (Lipinski definition) is 3. The van der Waals surface area contributed by atoms with Crippen molar-refractivity contribution in [3.8, 4) is 0 Å². The van der Waals surface area contributed by atoms with Crippen LogP contribution in [0.25, 0.3) is 0 Å². The molecule has 0 bridgehead atoms. The van der Waals surface area contributed by atoms with Crippen LogP contribution < -0.4 is 5.32 Å². The van der Waals surface area contributed by atoms with E-state index in [0.29, 0.717) is 31.9 Å². The zero-order chi connectivity index (χ0) is 15.2. The molecule has 1 aliphatic heterocycles. The van der Waals surface area contributed by atoms with E-state index in [1.54, 1.807) is 28.1 Å². The predicted octanol–water partition coefficient (Wildman–Crippen LogP) is 2.06. The molecular formula is C15H21N3O3. The first-order valence-corrected chi connectivity index (χ1v) is 7.15. The number of nitrogens with one attached hydrogen (secondary N) is 1. The molecule has 6 heteroatoms. The molecule has 0 spiro atoms. The van der Waals surface area contributed by atoms with Crippen molar-refractivity contribution in [2.24, 2.45) is 0 Å². The second kappa shape index (κ2) is 6.97. The largest absolute Gasteiger partial charge is 0.459 e. The fourth-order valence-corrected chi connectivity index (χ4v) is 2.05. The van der Waals surface area contributed by atoms with Gasteiger partial charge in [0.25, 0.3) is 5.91 Å². The molecule has 114 valence electrons. The highest BCUT2D eigenvalue weighted by atomic mass is 16.3. The van der Waals surface area contributed by atoms with Crippen LogP contribution in [0.15, 0.2) is 34.6 Å². The highest BCUT2D eigenvalue weighted by molar-refractivity contribution is 5.91. The summed E-state index contributed by atoms with van der Waals surface area (Å²) in [7, 11) is 0.